The molecule has 4 heteroatoms. The number of halogens is 1. The summed E-state index contributed by atoms with van der Waals surface area (Å²) in [6.45, 7) is 4.29. The predicted octanol–water partition coefficient (Wildman–Crippen LogP) is 3.00. The van der Waals surface area contributed by atoms with Crippen molar-refractivity contribution in [1.29, 1.82) is 0 Å². The van der Waals surface area contributed by atoms with Gasteiger partial charge in [0.1, 0.15) is 0 Å². The van der Waals surface area contributed by atoms with Crippen molar-refractivity contribution in [2.24, 2.45) is 0 Å². The van der Waals surface area contributed by atoms with E-state index in [9.17, 15) is 4.79 Å². The van der Waals surface area contributed by atoms with Crippen molar-refractivity contribution in [3.05, 3.63) is 34.9 Å². The Morgan fingerprint density at radius 2 is 1.89 bits per heavy atom. The number of nitrogens with one attached hydrogen (secondary N) is 1. The monoisotopic (exact) mass is 280 g/mol. The molecule has 0 aliphatic carbocycles. The van der Waals surface area contributed by atoms with Gasteiger partial charge in [-0.1, -0.05) is 23.7 Å². The van der Waals surface area contributed by atoms with Crippen LogP contribution in [0.25, 0.3) is 0 Å². The van der Waals surface area contributed by atoms with Gasteiger partial charge in [-0.3, -0.25) is 4.79 Å². The summed E-state index contributed by atoms with van der Waals surface area (Å²) in [4.78, 5) is 14.0. The van der Waals surface area contributed by atoms with E-state index < -0.39 is 0 Å². The summed E-state index contributed by atoms with van der Waals surface area (Å²) in [5.74, 6) is 0.209. The summed E-state index contributed by atoms with van der Waals surface area (Å²) < 4.78 is 0. The molecule has 1 aliphatic rings. The fourth-order valence-corrected chi connectivity index (χ4v) is 2.49. The molecule has 0 spiro atoms. The van der Waals surface area contributed by atoms with Crippen LogP contribution >= 0.6 is 11.6 Å². The average molecular weight is 281 g/mol. The van der Waals surface area contributed by atoms with Crippen molar-refractivity contribution in [2.75, 3.05) is 19.6 Å². The molecule has 1 aromatic carbocycles. The molecule has 1 atom stereocenters. The van der Waals surface area contributed by atoms with E-state index in [1.165, 1.54) is 6.42 Å². The van der Waals surface area contributed by atoms with Gasteiger partial charge in [0, 0.05) is 24.2 Å². The van der Waals surface area contributed by atoms with Gasteiger partial charge in [-0.15, -0.1) is 0 Å². The normalized spacial score (nSPS) is 17.3. The molecule has 0 bridgehead atoms. The Morgan fingerprint density at radius 3 is 2.53 bits per heavy atom. The topological polar surface area (TPSA) is 32.3 Å². The van der Waals surface area contributed by atoms with Crippen LogP contribution in [0.2, 0.25) is 5.02 Å². The van der Waals surface area contributed by atoms with Crippen LogP contribution in [0.1, 0.15) is 37.8 Å². The van der Waals surface area contributed by atoms with Gasteiger partial charge in [-0.25, -0.2) is 0 Å². The number of piperidine rings is 1. The summed E-state index contributed by atoms with van der Waals surface area (Å²) in [5.41, 5.74) is 1.15. The minimum atomic E-state index is 0.158. The Kier molecular flexibility index (Phi) is 5.23. The van der Waals surface area contributed by atoms with E-state index in [4.69, 9.17) is 11.6 Å². The number of carbonyl (C=O) groups is 1. The van der Waals surface area contributed by atoms with Crippen LogP contribution in [0.5, 0.6) is 0 Å². The standard InChI is InChI=1S/C15H21ClN2O/c1-12(13-5-7-14(16)8-6-13)17-11-15(19)18-9-3-2-4-10-18/h5-8,12,17H,2-4,9-11H2,1H3/t12-/m0/s1. The Balaban J connectivity index is 1.80. The molecule has 19 heavy (non-hydrogen) atoms. The van der Waals surface area contributed by atoms with Gasteiger partial charge in [0.05, 0.1) is 6.54 Å². The zero-order valence-corrected chi connectivity index (χ0v) is 12.1. The summed E-state index contributed by atoms with van der Waals surface area (Å²) in [6, 6.07) is 7.89. The number of carbonyl (C=O) groups excluding carboxylic acids is 1. The fraction of sp³-hybridized carbons (Fsp3) is 0.533. The highest BCUT2D eigenvalue weighted by atomic mass is 35.5. The van der Waals surface area contributed by atoms with Gasteiger partial charge in [-0.2, -0.15) is 0 Å². The first-order valence-electron chi connectivity index (χ1n) is 6.93. The lowest BCUT2D eigenvalue weighted by Gasteiger charge is -2.27. The SMILES string of the molecule is C[C@H](NCC(=O)N1CCCCC1)c1ccc(Cl)cc1. The number of benzene rings is 1. The maximum atomic E-state index is 12.0. The zero-order chi connectivity index (χ0) is 13.7. The molecule has 1 heterocycles. The molecule has 1 aromatic rings. The lowest BCUT2D eigenvalue weighted by molar-refractivity contribution is -0.131. The second-order valence-electron chi connectivity index (χ2n) is 5.10. The van der Waals surface area contributed by atoms with Crippen LogP contribution in [-0.4, -0.2) is 30.4 Å². The molecular weight excluding hydrogens is 260 g/mol. The van der Waals surface area contributed by atoms with Crippen molar-refractivity contribution < 1.29 is 4.79 Å². The van der Waals surface area contributed by atoms with Crippen LogP contribution in [0.15, 0.2) is 24.3 Å². The fourth-order valence-electron chi connectivity index (χ4n) is 2.36. The molecule has 104 valence electrons. The third kappa shape index (κ3) is 4.22. The molecule has 0 saturated carbocycles. The highest BCUT2D eigenvalue weighted by molar-refractivity contribution is 6.30. The van der Waals surface area contributed by atoms with E-state index in [2.05, 4.69) is 12.2 Å². The first-order valence-corrected chi connectivity index (χ1v) is 7.31. The molecule has 0 unspecified atom stereocenters. The highest BCUT2D eigenvalue weighted by Gasteiger charge is 2.16. The minimum Gasteiger partial charge on any atom is -0.342 e. The lowest BCUT2D eigenvalue weighted by atomic mass is 10.1. The molecule has 1 saturated heterocycles. The van der Waals surface area contributed by atoms with Crippen LogP contribution in [-0.2, 0) is 4.79 Å². The Hall–Kier alpha value is -1.06. The first-order chi connectivity index (χ1) is 9.16. The van der Waals surface area contributed by atoms with Crippen LogP contribution in [0.3, 0.4) is 0 Å². The summed E-state index contributed by atoms with van der Waals surface area (Å²) in [5, 5.41) is 4.02. The lowest BCUT2D eigenvalue weighted by Crippen LogP contribution is -2.41. The van der Waals surface area contributed by atoms with Crippen LogP contribution in [0.4, 0.5) is 0 Å². The molecule has 1 amide bonds. The first kappa shape index (κ1) is 14.4. The highest BCUT2D eigenvalue weighted by Crippen LogP contribution is 2.16. The van der Waals surface area contributed by atoms with Crippen LogP contribution < -0.4 is 5.32 Å². The molecule has 0 aromatic heterocycles. The maximum Gasteiger partial charge on any atom is 0.236 e. The summed E-state index contributed by atoms with van der Waals surface area (Å²) in [6.07, 6.45) is 3.52. The Bertz CT molecular complexity index is 413. The quantitative estimate of drug-likeness (QED) is 0.920. The molecular formula is C15H21ClN2O. The van der Waals surface area contributed by atoms with Crippen molar-refractivity contribution in [3.63, 3.8) is 0 Å². The Morgan fingerprint density at radius 1 is 1.26 bits per heavy atom. The number of nitrogens with zero attached hydrogens (tertiary/aromatic N) is 1. The number of rotatable bonds is 4. The van der Waals surface area contributed by atoms with E-state index in [1.807, 2.05) is 29.2 Å². The molecule has 1 N–H and O–H groups in total. The van der Waals surface area contributed by atoms with Crippen molar-refractivity contribution >= 4 is 17.5 Å². The third-order valence-corrected chi connectivity index (χ3v) is 3.89. The molecule has 1 aliphatic heterocycles. The van der Waals surface area contributed by atoms with Gasteiger partial charge >= 0.3 is 0 Å². The molecule has 1 fully saturated rings. The third-order valence-electron chi connectivity index (χ3n) is 3.64. The number of hydrogen-bond donors (Lipinski definition) is 1. The zero-order valence-electron chi connectivity index (χ0n) is 11.4. The molecule has 3 nitrogen and oxygen atoms in total. The maximum absolute atomic E-state index is 12.0. The second kappa shape index (κ2) is 6.92. The number of likely N-dealkylation sites (tertiary alicyclic amines) is 1. The van der Waals surface area contributed by atoms with E-state index in [-0.39, 0.29) is 11.9 Å². The summed E-state index contributed by atoms with van der Waals surface area (Å²) in [7, 11) is 0. The molecule has 2 rings (SSSR count). The summed E-state index contributed by atoms with van der Waals surface area (Å²) >= 11 is 5.86. The van der Waals surface area contributed by atoms with Crippen molar-refractivity contribution in [2.45, 2.75) is 32.2 Å². The van der Waals surface area contributed by atoms with Gasteiger partial charge in [0.2, 0.25) is 5.91 Å². The van der Waals surface area contributed by atoms with Gasteiger partial charge < -0.3 is 10.2 Å². The van der Waals surface area contributed by atoms with Gasteiger partial charge in [-0.05, 0) is 43.9 Å². The van der Waals surface area contributed by atoms with E-state index in [0.717, 1.165) is 36.5 Å². The molecule has 0 radical (unpaired) electrons. The number of amides is 1. The average Bonchev–Trinajstić information content (AvgIpc) is 2.46. The minimum absolute atomic E-state index is 0.158. The largest absolute Gasteiger partial charge is 0.342 e. The predicted molar refractivity (Wildman–Crippen MR) is 78.3 cm³/mol. The van der Waals surface area contributed by atoms with Crippen LogP contribution in [0, 0.1) is 0 Å². The Labute approximate surface area is 119 Å². The van der Waals surface area contributed by atoms with Gasteiger partial charge in [0.15, 0.2) is 0 Å². The smallest absolute Gasteiger partial charge is 0.236 e. The number of hydrogen-bond acceptors (Lipinski definition) is 2. The van der Waals surface area contributed by atoms with E-state index in [0.29, 0.717) is 6.54 Å². The van der Waals surface area contributed by atoms with E-state index in [1.54, 1.807) is 0 Å². The van der Waals surface area contributed by atoms with Gasteiger partial charge in [0.25, 0.3) is 0 Å². The van der Waals surface area contributed by atoms with Crippen molar-refractivity contribution in [1.82, 2.24) is 10.2 Å². The van der Waals surface area contributed by atoms with E-state index >= 15 is 0 Å². The second-order valence-corrected chi connectivity index (χ2v) is 5.53. The van der Waals surface area contributed by atoms with Crippen molar-refractivity contribution in [3.8, 4) is 0 Å².